The average molecular weight is 396 g/mol. The highest BCUT2D eigenvalue weighted by Crippen LogP contribution is 2.15. The molecular formula is C8H14I2O2. The second-order valence-electron chi connectivity index (χ2n) is 2.51. The molecule has 0 fully saturated rings. The van der Waals surface area contributed by atoms with Crippen LogP contribution in [0.1, 0.15) is 33.1 Å². The fourth-order valence-corrected chi connectivity index (χ4v) is 1.67. The van der Waals surface area contributed by atoms with Crippen molar-refractivity contribution in [2.45, 2.75) is 41.1 Å². The first-order valence-electron chi connectivity index (χ1n) is 4.10. The highest BCUT2D eigenvalue weighted by molar-refractivity contribution is 14.1. The van der Waals surface area contributed by atoms with Crippen LogP contribution in [-0.4, -0.2) is 14.0 Å². The topological polar surface area (TPSA) is 26.3 Å². The summed E-state index contributed by atoms with van der Waals surface area (Å²) in [7, 11) is 0. The predicted molar refractivity (Wildman–Crippen MR) is 66.9 cm³/mol. The summed E-state index contributed by atoms with van der Waals surface area (Å²) in [5.41, 5.74) is 0. The Morgan fingerprint density at radius 1 is 1.42 bits per heavy atom. The molecule has 0 spiro atoms. The minimum Gasteiger partial charge on any atom is -0.451 e. The molecule has 0 amide bonds. The molecule has 0 aliphatic carbocycles. The Balaban J connectivity index is 3.67. The molecule has 0 N–H and O–H groups in total. The van der Waals surface area contributed by atoms with Crippen LogP contribution in [0, 0.1) is 0 Å². The van der Waals surface area contributed by atoms with Crippen molar-refractivity contribution < 1.29 is 9.53 Å². The lowest BCUT2D eigenvalue weighted by molar-refractivity contribution is -0.143. The van der Waals surface area contributed by atoms with Gasteiger partial charge in [0, 0.05) is 0 Å². The van der Waals surface area contributed by atoms with Gasteiger partial charge in [-0.25, -0.2) is 0 Å². The zero-order valence-corrected chi connectivity index (χ0v) is 11.7. The monoisotopic (exact) mass is 396 g/mol. The summed E-state index contributed by atoms with van der Waals surface area (Å²) in [6, 6.07) is 0. The van der Waals surface area contributed by atoms with Gasteiger partial charge in [0.1, 0.15) is 3.92 Å². The van der Waals surface area contributed by atoms with E-state index in [-0.39, 0.29) is 14.0 Å². The molecule has 0 saturated carbocycles. The van der Waals surface area contributed by atoms with Gasteiger partial charge in [-0.3, -0.25) is 4.79 Å². The molecule has 4 heteroatoms. The summed E-state index contributed by atoms with van der Waals surface area (Å²) in [6.45, 7) is 4.07. The second kappa shape index (κ2) is 7.34. The maximum atomic E-state index is 11.2. The van der Waals surface area contributed by atoms with Crippen LogP contribution in [-0.2, 0) is 9.53 Å². The Morgan fingerprint density at radius 3 is 2.42 bits per heavy atom. The third-order valence-corrected chi connectivity index (χ3v) is 3.64. The van der Waals surface area contributed by atoms with Crippen LogP contribution in [0.15, 0.2) is 0 Å². The van der Waals surface area contributed by atoms with Crippen molar-refractivity contribution >= 4 is 51.2 Å². The van der Waals surface area contributed by atoms with Crippen LogP contribution in [0.2, 0.25) is 0 Å². The van der Waals surface area contributed by atoms with Crippen LogP contribution in [0.3, 0.4) is 0 Å². The number of ether oxygens (including phenoxy) is 1. The standard InChI is InChI=1S/C8H14I2O2/c1-3-5-7(10)12-8(11)6(9)4-2/h6-7H,3-5H2,1-2H3. The SMILES string of the molecule is CCCC(I)OC(=O)C(I)CC. The summed E-state index contributed by atoms with van der Waals surface area (Å²) in [4.78, 5) is 11.2. The lowest BCUT2D eigenvalue weighted by Crippen LogP contribution is -2.20. The maximum absolute atomic E-state index is 11.2. The smallest absolute Gasteiger partial charge is 0.319 e. The first-order valence-corrected chi connectivity index (χ1v) is 6.59. The van der Waals surface area contributed by atoms with Gasteiger partial charge in [-0.1, -0.05) is 42.9 Å². The van der Waals surface area contributed by atoms with Gasteiger partial charge in [-0.2, -0.15) is 0 Å². The third kappa shape index (κ3) is 5.55. The van der Waals surface area contributed by atoms with E-state index in [1.165, 1.54) is 0 Å². The summed E-state index contributed by atoms with van der Waals surface area (Å²) >= 11 is 4.28. The van der Waals surface area contributed by atoms with Crippen LogP contribution < -0.4 is 0 Å². The Hall–Kier alpha value is 0.930. The number of alkyl halides is 2. The normalized spacial score (nSPS) is 15.3. The van der Waals surface area contributed by atoms with Crippen molar-refractivity contribution in [2.24, 2.45) is 0 Å². The number of esters is 1. The van der Waals surface area contributed by atoms with E-state index < -0.39 is 0 Å². The van der Waals surface area contributed by atoms with Gasteiger partial charge in [0.25, 0.3) is 0 Å². The van der Waals surface area contributed by atoms with E-state index in [2.05, 4.69) is 52.1 Å². The summed E-state index contributed by atoms with van der Waals surface area (Å²) < 4.78 is 5.24. The fourth-order valence-electron chi connectivity index (χ4n) is 0.652. The zero-order chi connectivity index (χ0) is 9.56. The molecule has 0 aliphatic rings. The van der Waals surface area contributed by atoms with E-state index in [4.69, 9.17) is 4.74 Å². The van der Waals surface area contributed by atoms with Crippen molar-refractivity contribution in [3.05, 3.63) is 0 Å². The minimum atomic E-state index is -0.0778. The van der Waals surface area contributed by atoms with Gasteiger partial charge in [0.15, 0.2) is 4.11 Å². The fraction of sp³-hybridized carbons (Fsp3) is 0.875. The quantitative estimate of drug-likeness (QED) is 0.405. The molecule has 0 rings (SSSR count). The van der Waals surface area contributed by atoms with E-state index in [1.807, 2.05) is 6.92 Å². The minimum absolute atomic E-state index is 0.0109. The first kappa shape index (κ1) is 12.9. The van der Waals surface area contributed by atoms with E-state index in [0.717, 1.165) is 19.3 Å². The number of hydrogen-bond donors (Lipinski definition) is 0. The molecule has 2 nitrogen and oxygen atoms in total. The number of carbonyl (C=O) groups is 1. The van der Waals surface area contributed by atoms with Crippen LogP contribution in [0.5, 0.6) is 0 Å². The molecule has 12 heavy (non-hydrogen) atoms. The highest BCUT2D eigenvalue weighted by atomic mass is 127. The molecule has 2 atom stereocenters. The number of carbonyl (C=O) groups excluding carboxylic acids is 1. The number of rotatable bonds is 5. The van der Waals surface area contributed by atoms with Gasteiger partial charge < -0.3 is 4.74 Å². The molecule has 0 radical (unpaired) electrons. The maximum Gasteiger partial charge on any atom is 0.319 e. The predicted octanol–water partition coefficient (Wildman–Crippen LogP) is 3.30. The molecular weight excluding hydrogens is 382 g/mol. The second-order valence-corrected chi connectivity index (χ2v) is 5.40. The van der Waals surface area contributed by atoms with Crippen molar-refractivity contribution in [1.29, 1.82) is 0 Å². The van der Waals surface area contributed by atoms with Crippen LogP contribution >= 0.6 is 45.2 Å². The first-order chi connectivity index (χ1) is 5.61. The van der Waals surface area contributed by atoms with Crippen molar-refractivity contribution in [1.82, 2.24) is 0 Å². The average Bonchev–Trinajstić information content (AvgIpc) is 2.03. The van der Waals surface area contributed by atoms with Crippen LogP contribution in [0.4, 0.5) is 0 Å². The molecule has 0 aromatic carbocycles. The molecule has 0 aromatic heterocycles. The number of hydrogen-bond acceptors (Lipinski definition) is 2. The summed E-state index contributed by atoms with van der Waals surface area (Å²) in [5.74, 6) is -0.0778. The van der Waals surface area contributed by atoms with Gasteiger partial charge in [-0.05, 0) is 35.4 Å². The Morgan fingerprint density at radius 2 is 2.00 bits per heavy atom. The Kier molecular flexibility index (Phi) is 7.91. The molecule has 72 valence electrons. The lowest BCUT2D eigenvalue weighted by atomic mass is 10.3. The van der Waals surface area contributed by atoms with Gasteiger partial charge in [0.2, 0.25) is 0 Å². The largest absolute Gasteiger partial charge is 0.451 e. The van der Waals surface area contributed by atoms with Gasteiger partial charge in [-0.15, -0.1) is 0 Å². The summed E-state index contributed by atoms with van der Waals surface area (Å²) in [6.07, 6.45) is 2.84. The third-order valence-electron chi connectivity index (χ3n) is 1.37. The van der Waals surface area contributed by atoms with E-state index in [0.29, 0.717) is 0 Å². The van der Waals surface area contributed by atoms with E-state index in [9.17, 15) is 4.79 Å². The molecule has 0 saturated heterocycles. The molecule has 0 heterocycles. The van der Waals surface area contributed by atoms with E-state index >= 15 is 0 Å². The molecule has 2 unspecified atom stereocenters. The van der Waals surface area contributed by atoms with Crippen molar-refractivity contribution in [2.75, 3.05) is 0 Å². The molecule has 0 aliphatic heterocycles. The highest BCUT2D eigenvalue weighted by Gasteiger charge is 2.16. The van der Waals surface area contributed by atoms with Gasteiger partial charge in [0.05, 0.1) is 0 Å². The summed E-state index contributed by atoms with van der Waals surface area (Å²) in [5, 5.41) is 0. The van der Waals surface area contributed by atoms with Gasteiger partial charge >= 0.3 is 5.97 Å². The van der Waals surface area contributed by atoms with Crippen molar-refractivity contribution in [3.63, 3.8) is 0 Å². The lowest BCUT2D eigenvalue weighted by Gasteiger charge is -2.12. The van der Waals surface area contributed by atoms with E-state index in [1.54, 1.807) is 0 Å². The number of halogens is 2. The Labute approximate surface area is 101 Å². The Bertz CT molecular complexity index is 139. The molecule has 0 aromatic rings. The molecule has 0 bridgehead atoms. The zero-order valence-electron chi connectivity index (χ0n) is 7.35. The van der Waals surface area contributed by atoms with Crippen molar-refractivity contribution in [3.8, 4) is 0 Å². The van der Waals surface area contributed by atoms with Crippen LogP contribution in [0.25, 0.3) is 0 Å².